The number of hydrogen-bond acceptors (Lipinski definition) is 2. The van der Waals surface area contributed by atoms with Crippen LogP contribution in [-0.2, 0) is 9.53 Å². The van der Waals surface area contributed by atoms with Gasteiger partial charge in [0, 0.05) is 26.7 Å². The monoisotopic (exact) mass is 197 g/mol. The van der Waals surface area contributed by atoms with E-state index in [0.29, 0.717) is 0 Å². The van der Waals surface area contributed by atoms with Crippen molar-refractivity contribution in [3.05, 3.63) is 0 Å². The van der Waals surface area contributed by atoms with Crippen LogP contribution in [0.1, 0.15) is 26.2 Å². The molecule has 1 heterocycles. The average Bonchev–Trinajstić information content (AvgIpc) is 2.95. The minimum atomic E-state index is 0.0997. The van der Waals surface area contributed by atoms with Gasteiger partial charge < -0.3 is 10.1 Å². The average molecular weight is 197 g/mol. The summed E-state index contributed by atoms with van der Waals surface area (Å²) in [4.78, 5) is 10.7. The molecule has 1 N–H and O–H groups in total. The minimum Gasteiger partial charge on any atom is -0.381 e. The summed E-state index contributed by atoms with van der Waals surface area (Å²) in [5.41, 5.74) is 0. The molecule has 0 spiro atoms. The summed E-state index contributed by atoms with van der Waals surface area (Å²) in [5.74, 6) is 2.58. The smallest absolute Gasteiger partial charge is 0.216 e. The number of amides is 1. The fourth-order valence-electron chi connectivity index (χ4n) is 2.50. The van der Waals surface area contributed by atoms with Crippen molar-refractivity contribution in [1.29, 1.82) is 0 Å². The van der Waals surface area contributed by atoms with Crippen LogP contribution < -0.4 is 5.32 Å². The maximum absolute atomic E-state index is 10.7. The van der Waals surface area contributed by atoms with Gasteiger partial charge in [-0.05, 0) is 37.0 Å². The van der Waals surface area contributed by atoms with E-state index in [4.69, 9.17) is 4.74 Å². The van der Waals surface area contributed by atoms with E-state index in [2.05, 4.69) is 5.32 Å². The molecule has 2 rings (SSSR count). The molecule has 1 saturated carbocycles. The third kappa shape index (κ3) is 2.47. The number of carbonyl (C=O) groups excluding carboxylic acids is 1. The van der Waals surface area contributed by atoms with Crippen molar-refractivity contribution in [1.82, 2.24) is 5.32 Å². The molecule has 80 valence electrons. The highest BCUT2D eigenvalue weighted by Crippen LogP contribution is 2.47. The third-order valence-electron chi connectivity index (χ3n) is 3.46. The summed E-state index contributed by atoms with van der Waals surface area (Å²) in [5, 5.41) is 2.91. The van der Waals surface area contributed by atoms with Crippen molar-refractivity contribution in [2.45, 2.75) is 26.2 Å². The fraction of sp³-hybridized carbons (Fsp3) is 0.909. The minimum absolute atomic E-state index is 0.0997. The molecule has 0 aromatic rings. The molecule has 2 aliphatic rings. The van der Waals surface area contributed by atoms with Crippen molar-refractivity contribution >= 4 is 5.91 Å². The van der Waals surface area contributed by atoms with Crippen molar-refractivity contribution < 1.29 is 9.53 Å². The molecule has 1 saturated heterocycles. The van der Waals surface area contributed by atoms with Crippen LogP contribution in [0.3, 0.4) is 0 Å². The molecule has 3 nitrogen and oxygen atoms in total. The Hall–Kier alpha value is -0.570. The van der Waals surface area contributed by atoms with Crippen molar-refractivity contribution in [2.24, 2.45) is 17.8 Å². The summed E-state index contributed by atoms with van der Waals surface area (Å²) in [7, 11) is 0. The van der Waals surface area contributed by atoms with Gasteiger partial charge in [-0.15, -0.1) is 0 Å². The molecule has 0 bridgehead atoms. The van der Waals surface area contributed by atoms with Gasteiger partial charge in [0.25, 0.3) is 0 Å². The van der Waals surface area contributed by atoms with Crippen molar-refractivity contribution in [2.75, 3.05) is 19.8 Å². The van der Waals surface area contributed by atoms with Crippen molar-refractivity contribution in [3.8, 4) is 0 Å². The van der Waals surface area contributed by atoms with Gasteiger partial charge in [-0.3, -0.25) is 4.79 Å². The van der Waals surface area contributed by atoms with Crippen LogP contribution in [0.25, 0.3) is 0 Å². The van der Waals surface area contributed by atoms with Crippen LogP contribution in [0, 0.1) is 17.8 Å². The Morgan fingerprint density at radius 3 is 2.79 bits per heavy atom. The second-order valence-electron chi connectivity index (χ2n) is 4.55. The topological polar surface area (TPSA) is 38.3 Å². The first-order valence-corrected chi connectivity index (χ1v) is 5.59. The molecule has 0 unspecified atom stereocenters. The molecule has 1 aliphatic carbocycles. The first-order chi connectivity index (χ1) is 6.77. The molecule has 3 heteroatoms. The van der Waals surface area contributed by atoms with E-state index in [0.717, 1.165) is 37.5 Å². The summed E-state index contributed by atoms with van der Waals surface area (Å²) in [6.45, 7) is 4.35. The van der Waals surface area contributed by atoms with E-state index < -0.39 is 0 Å². The second kappa shape index (κ2) is 4.30. The maximum Gasteiger partial charge on any atom is 0.216 e. The number of hydrogen-bond donors (Lipinski definition) is 1. The molecule has 0 aromatic carbocycles. The van der Waals surface area contributed by atoms with Crippen LogP contribution in [-0.4, -0.2) is 25.7 Å². The number of nitrogens with one attached hydrogen (secondary N) is 1. The van der Waals surface area contributed by atoms with Gasteiger partial charge >= 0.3 is 0 Å². The quantitative estimate of drug-likeness (QED) is 0.738. The Kier molecular flexibility index (Phi) is 3.06. The standard InChI is InChI=1S/C11H19NO2/c1-8(13)12-7-10-6-11(10)9-2-4-14-5-3-9/h9-11H,2-7H2,1H3,(H,12,13)/t10-,11-/m0/s1. The van der Waals surface area contributed by atoms with Gasteiger partial charge in [0.2, 0.25) is 5.91 Å². The Morgan fingerprint density at radius 1 is 1.43 bits per heavy atom. The second-order valence-corrected chi connectivity index (χ2v) is 4.55. The predicted molar refractivity (Wildman–Crippen MR) is 53.8 cm³/mol. The fourth-order valence-corrected chi connectivity index (χ4v) is 2.50. The molecule has 0 radical (unpaired) electrons. The lowest BCUT2D eigenvalue weighted by Crippen LogP contribution is -2.24. The summed E-state index contributed by atoms with van der Waals surface area (Å²) >= 11 is 0. The predicted octanol–water partition coefficient (Wildman–Crippen LogP) is 1.19. The first-order valence-electron chi connectivity index (χ1n) is 5.59. The van der Waals surface area contributed by atoms with E-state index in [-0.39, 0.29) is 5.91 Å². The Bertz CT molecular complexity index is 211. The molecule has 2 fully saturated rings. The van der Waals surface area contributed by atoms with E-state index in [9.17, 15) is 4.79 Å². The number of carbonyl (C=O) groups is 1. The highest BCUT2D eigenvalue weighted by Gasteiger charge is 2.42. The van der Waals surface area contributed by atoms with E-state index in [1.54, 1.807) is 6.92 Å². The normalized spacial score (nSPS) is 32.6. The maximum atomic E-state index is 10.7. The molecular weight excluding hydrogens is 178 g/mol. The van der Waals surface area contributed by atoms with Crippen LogP contribution in [0.4, 0.5) is 0 Å². The molecule has 1 amide bonds. The summed E-state index contributed by atoms with van der Waals surface area (Å²) in [6.07, 6.45) is 3.76. The summed E-state index contributed by atoms with van der Waals surface area (Å²) in [6, 6.07) is 0. The Balaban J connectivity index is 1.67. The largest absolute Gasteiger partial charge is 0.381 e. The zero-order chi connectivity index (χ0) is 9.97. The molecule has 2 atom stereocenters. The lowest BCUT2D eigenvalue weighted by atomic mass is 9.93. The zero-order valence-corrected chi connectivity index (χ0v) is 8.79. The van der Waals surface area contributed by atoms with E-state index in [1.807, 2.05) is 0 Å². The van der Waals surface area contributed by atoms with Gasteiger partial charge in [0.05, 0.1) is 0 Å². The lowest BCUT2D eigenvalue weighted by Gasteiger charge is -2.22. The van der Waals surface area contributed by atoms with Crippen LogP contribution >= 0.6 is 0 Å². The Labute approximate surface area is 85.2 Å². The van der Waals surface area contributed by atoms with Gasteiger partial charge in [0.15, 0.2) is 0 Å². The Morgan fingerprint density at radius 2 is 2.14 bits per heavy atom. The van der Waals surface area contributed by atoms with Gasteiger partial charge in [-0.1, -0.05) is 0 Å². The lowest BCUT2D eigenvalue weighted by molar-refractivity contribution is -0.119. The summed E-state index contributed by atoms with van der Waals surface area (Å²) < 4.78 is 5.34. The SMILES string of the molecule is CC(=O)NC[C@@H]1C[C@H]1C1CCOCC1. The van der Waals surface area contributed by atoms with Gasteiger partial charge in [-0.2, -0.15) is 0 Å². The molecule has 0 aromatic heterocycles. The molecule has 14 heavy (non-hydrogen) atoms. The number of rotatable bonds is 3. The molecule has 1 aliphatic heterocycles. The van der Waals surface area contributed by atoms with Crippen molar-refractivity contribution in [3.63, 3.8) is 0 Å². The van der Waals surface area contributed by atoms with Gasteiger partial charge in [0.1, 0.15) is 0 Å². The van der Waals surface area contributed by atoms with E-state index in [1.165, 1.54) is 19.3 Å². The first kappa shape index (κ1) is 9.97. The van der Waals surface area contributed by atoms with Crippen LogP contribution in [0.2, 0.25) is 0 Å². The van der Waals surface area contributed by atoms with E-state index >= 15 is 0 Å². The van der Waals surface area contributed by atoms with Crippen LogP contribution in [0.5, 0.6) is 0 Å². The molecular formula is C11H19NO2. The van der Waals surface area contributed by atoms with Gasteiger partial charge in [-0.25, -0.2) is 0 Å². The highest BCUT2D eigenvalue weighted by atomic mass is 16.5. The third-order valence-corrected chi connectivity index (χ3v) is 3.46. The zero-order valence-electron chi connectivity index (χ0n) is 8.79. The number of ether oxygens (including phenoxy) is 1. The highest BCUT2D eigenvalue weighted by molar-refractivity contribution is 5.72. The van der Waals surface area contributed by atoms with Crippen LogP contribution in [0.15, 0.2) is 0 Å².